The monoisotopic (exact) mass is 560 g/mol. The molecule has 0 aromatic heterocycles. The van der Waals surface area contributed by atoms with Crippen molar-refractivity contribution >= 4 is 43.1 Å². The van der Waals surface area contributed by atoms with Crippen LogP contribution in [0.5, 0.6) is 0 Å². The van der Waals surface area contributed by atoms with Crippen LogP contribution in [0.2, 0.25) is 0 Å². The van der Waals surface area contributed by atoms with Gasteiger partial charge in [-0.2, -0.15) is 0 Å². The van der Waals surface area contributed by atoms with Crippen LogP contribution in [0.15, 0.2) is 146 Å². The summed E-state index contributed by atoms with van der Waals surface area (Å²) >= 11 is 0. The maximum Gasteiger partial charge on any atom is -0.00262 e. The fourth-order valence-corrected chi connectivity index (χ4v) is 7.81. The lowest BCUT2D eigenvalue weighted by molar-refractivity contribution is 0.691. The van der Waals surface area contributed by atoms with Crippen LogP contribution in [0.3, 0.4) is 0 Å². The molecular weight excluding hydrogens is 528 g/mol. The van der Waals surface area contributed by atoms with Crippen molar-refractivity contribution in [1.82, 2.24) is 0 Å². The zero-order valence-corrected chi connectivity index (χ0v) is 24.7. The number of fused-ring (bicyclic) bond motifs is 6. The highest BCUT2D eigenvalue weighted by atomic mass is 14.2. The molecule has 0 nitrogen and oxygen atoms in total. The highest BCUT2D eigenvalue weighted by Crippen LogP contribution is 2.45. The molecule has 8 aromatic rings. The van der Waals surface area contributed by atoms with Crippen molar-refractivity contribution in [3.8, 4) is 33.4 Å². The highest BCUT2D eigenvalue weighted by molar-refractivity contribution is 6.21. The van der Waals surface area contributed by atoms with Crippen LogP contribution < -0.4 is 0 Å². The Morgan fingerprint density at radius 3 is 1.45 bits per heavy atom. The first kappa shape index (κ1) is 25.3. The van der Waals surface area contributed by atoms with E-state index in [-0.39, 0.29) is 0 Å². The third kappa shape index (κ3) is 3.98. The Hall–Kier alpha value is -5.20. The predicted molar refractivity (Wildman–Crippen MR) is 189 cm³/mol. The molecule has 44 heavy (non-hydrogen) atoms. The second-order valence-corrected chi connectivity index (χ2v) is 12.3. The average molecular weight is 561 g/mol. The van der Waals surface area contributed by atoms with E-state index >= 15 is 0 Å². The van der Waals surface area contributed by atoms with Crippen molar-refractivity contribution in [2.45, 2.75) is 25.7 Å². The van der Waals surface area contributed by atoms with E-state index in [4.69, 9.17) is 0 Å². The van der Waals surface area contributed by atoms with E-state index < -0.39 is 0 Å². The van der Waals surface area contributed by atoms with Gasteiger partial charge in [-0.25, -0.2) is 0 Å². The summed E-state index contributed by atoms with van der Waals surface area (Å²) in [5.41, 5.74) is 11.0. The van der Waals surface area contributed by atoms with Crippen molar-refractivity contribution in [2.24, 2.45) is 0 Å². The van der Waals surface area contributed by atoms with Gasteiger partial charge in [-0.05, 0) is 125 Å². The molecule has 0 heterocycles. The molecule has 1 aliphatic carbocycles. The molecule has 0 amide bonds. The van der Waals surface area contributed by atoms with Gasteiger partial charge < -0.3 is 0 Å². The lowest BCUT2D eigenvalue weighted by Gasteiger charge is -2.22. The number of benzene rings is 8. The Morgan fingerprint density at radius 1 is 0.318 bits per heavy atom. The molecule has 0 radical (unpaired) electrons. The largest absolute Gasteiger partial charge is 0.0616 e. The van der Waals surface area contributed by atoms with Gasteiger partial charge in [0.2, 0.25) is 0 Å². The van der Waals surface area contributed by atoms with Gasteiger partial charge in [0, 0.05) is 0 Å². The van der Waals surface area contributed by atoms with Crippen LogP contribution >= 0.6 is 0 Å². The predicted octanol–water partition coefficient (Wildman–Crippen LogP) is 12.2. The Balaban J connectivity index is 1.24. The van der Waals surface area contributed by atoms with E-state index in [1.807, 2.05) is 0 Å². The van der Waals surface area contributed by atoms with Crippen molar-refractivity contribution < 1.29 is 0 Å². The van der Waals surface area contributed by atoms with E-state index in [2.05, 4.69) is 146 Å². The minimum atomic E-state index is 1.17. The molecule has 0 atom stereocenters. The molecule has 9 rings (SSSR count). The third-order valence-corrected chi connectivity index (χ3v) is 9.83. The van der Waals surface area contributed by atoms with E-state index in [1.54, 1.807) is 11.1 Å². The van der Waals surface area contributed by atoms with E-state index in [9.17, 15) is 0 Å². The Morgan fingerprint density at radius 2 is 0.795 bits per heavy atom. The van der Waals surface area contributed by atoms with Crippen LogP contribution in [0.4, 0.5) is 0 Å². The van der Waals surface area contributed by atoms with Gasteiger partial charge in [0.15, 0.2) is 0 Å². The van der Waals surface area contributed by atoms with Crippen molar-refractivity contribution in [3.05, 3.63) is 157 Å². The molecule has 0 bridgehead atoms. The number of hydrogen-bond donors (Lipinski definition) is 0. The maximum absolute atomic E-state index is 2.43. The van der Waals surface area contributed by atoms with Gasteiger partial charge in [-0.3, -0.25) is 0 Å². The topological polar surface area (TPSA) is 0 Å². The first-order chi connectivity index (χ1) is 21.8. The lowest BCUT2D eigenvalue weighted by Crippen LogP contribution is -2.05. The zero-order chi connectivity index (χ0) is 29.0. The Kier molecular flexibility index (Phi) is 5.87. The lowest BCUT2D eigenvalue weighted by atomic mass is 9.82. The molecule has 0 saturated heterocycles. The van der Waals surface area contributed by atoms with Gasteiger partial charge >= 0.3 is 0 Å². The molecule has 208 valence electrons. The SMILES string of the molecule is c1ccc2cc(-c3c4ccccc4c(-c4ccc(-c5cc6ccccc6c6c5CCCC6)cc4)c4ccccc34)ccc2c1. The molecule has 0 spiro atoms. The van der Waals surface area contributed by atoms with Crippen molar-refractivity contribution in [2.75, 3.05) is 0 Å². The molecule has 0 fully saturated rings. The summed E-state index contributed by atoms with van der Waals surface area (Å²) in [6.07, 6.45) is 4.92. The van der Waals surface area contributed by atoms with Crippen LogP contribution in [-0.4, -0.2) is 0 Å². The quantitative estimate of drug-likeness (QED) is 0.189. The summed E-state index contributed by atoms with van der Waals surface area (Å²) in [5, 5.41) is 10.5. The standard InChI is InChI=1S/C44H32/c1-2-12-32-27-34(26-21-29(32)11-1)44-40-19-9-7-17-38(40)43(39-18-8-10-20-41(39)44)31-24-22-30(23-25-31)42-28-33-13-3-4-14-35(33)36-15-5-6-16-37(36)42/h1-4,7-14,17-28H,5-6,15-16H2. The average Bonchev–Trinajstić information content (AvgIpc) is 3.10. The van der Waals surface area contributed by atoms with E-state index in [0.717, 1.165) is 0 Å². The minimum absolute atomic E-state index is 1.17. The summed E-state index contributed by atoms with van der Waals surface area (Å²) in [7, 11) is 0. The van der Waals surface area contributed by atoms with Crippen molar-refractivity contribution in [1.29, 1.82) is 0 Å². The molecule has 0 heteroatoms. The smallest absolute Gasteiger partial charge is 0.00262 e. The van der Waals surface area contributed by atoms with E-state index in [1.165, 1.54) is 102 Å². The maximum atomic E-state index is 2.43. The second kappa shape index (κ2) is 10.2. The van der Waals surface area contributed by atoms with Crippen LogP contribution in [0.25, 0.3) is 76.5 Å². The summed E-state index contributed by atoms with van der Waals surface area (Å²) in [6.45, 7) is 0. The summed E-state index contributed by atoms with van der Waals surface area (Å²) in [6, 6.07) is 54.2. The van der Waals surface area contributed by atoms with Gasteiger partial charge in [-0.1, -0.05) is 133 Å². The first-order valence-electron chi connectivity index (χ1n) is 15.9. The van der Waals surface area contributed by atoms with Crippen LogP contribution in [0.1, 0.15) is 24.0 Å². The Bertz CT molecular complexity index is 2320. The van der Waals surface area contributed by atoms with E-state index in [0.29, 0.717) is 0 Å². The number of hydrogen-bond acceptors (Lipinski definition) is 0. The number of rotatable bonds is 3. The molecule has 0 unspecified atom stereocenters. The Labute approximate surface area is 258 Å². The zero-order valence-electron chi connectivity index (χ0n) is 24.7. The van der Waals surface area contributed by atoms with Crippen LogP contribution in [-0.2, 0) is 12.8 Å². The van der Waals surface area contributed by atoms with Gasteiger partial charge in [0.25, 0.3) is 0 Å². The summed E-state index contributed by atoms with van der Waals surface area (Å²) in [4.78, 5) is 0. The first-order valence-corrected chi connectivity index (χ1v) is 15.9. The molecule has 0 N–H and O–H groups in total. The van der Waals surface area contributed by atoms with Gasteiger partial charge in [-0.15, -0.1) is 0 Å². The summed E-state index contributed by atoms with van der Waals surface area (Å²) < 4.78 is 0. The van der Waals surface area contributed by atoms with Crippen molar-refractivity contribution in [3.63, 3.8) is 0 Å². The fourth-order valence-electron chi connectivity index (χ4n) is 7.81. The fraction of sp³-hybridized carbons (Fsp3) is 0.0909. The van der Waals surface area contributed by atoms with Crippen LogP contribution in [0, 0.1) is 0 Å². The molecule has 0 aliphatic heterocycles. The molecule has 0 saturated carbocycles. The second-order valence-electron chi connectivity index (χ2n) is 12.3. The van der Waals surface area contributed by atoms with Gasteiger partial charge in [0.05, 0.1) is 0 Å². The third-order valence-electron chi connectivity index (χ3n) is 9.83. The highest BCUT2D eigenvalue weighted by Gasteiger charge is 2.19. The minimum Gasteiger partial charge on any atom is -0.0616 e. The molecule has 1 aliphatic rings. The number of aryl methyl sites for hydroxylation is 1. The van der Waals surface area contributed by atoms with Gasteiger partial charge in [0.1, 0.15) is 0 Å². The molecule has 8 aromatic carbocycles. The summed E-state index contributed by atoms with van der Waals surface area (Å²) in [5.74, 6) is 0. The normalized spacial score (nSPS) is 13.1. The molecular formula is C44H32.